The van der Waals surface area contributed by atoms with Crippen molar-refractivity contribution in [3.63, 3.8) is 0 Å². The molecule has 0 saturated carbocycles. The molecule has 8 nitrogen and oxygen atoms in total. The number of thioether (sulfide) groups is 1. The van der Waals surface area contributed by atoms with Crippen LogP contribution >= 0.6 is 23.4 Å². The Labute approximate surface area is 257 Å². The Kier molecular flexibility index (Phi) is 9.24. The number of anilines is 2. The van der Waals surface area contributed by atoms with Crippen LogP contribution in [0.5, 0.6) is 5.75 Å². The van der Waals surface area contributed by atoms with E-state index in [1.807, 2.05) is 0 Å². The minimum Gasteiger partial charge on any atom is -0.497 e. The van der Waals surface area contributed by atoms with Crippen molar-refractivity contribution in [3.8, 4) is 5.75 Å². The minimum atomic E-state index is -0.572. The molecule has 1 fully saturated rings. The minimum absolute atomic E-state index is 0.0447. The first-order valence-electron chi connectivity index (χ1n) is 13.2. The van der Waals surface area contributed by atoms with E-state index in [0.717, 1.165) is 4.90 Å². The lowest BCUT2D eigenvalue weighted by Gasteiger charge is -2.15. The second-order valence-corrected chi connectivity index (χ2v) is 11.2. The summed E-state index contributed by atoms with van der Waals surface area (Å²) in [6.07, 6.45) is 1.64. The lowest BCUT2D eigenvalue weighted by atomic mass is 10.1. The first-order chi connectivity index (χ1) is 20.8. The van der Waals surface area contributed by atoms with Crippen LogP contribution < -0.4 is 20.3 Å². The fourth-order valence-electron chi connectivity index (χ4n) is 4.35. The first-order valence-corrected chi connectivity index (χ1v) is 14.5. The van der Waals surface area contributed by atoms with E-state index < -0.39 is 17.1 Å². The van der Waals surface area contributed by atoms with Gasteiger partial charge in [-0.15, -0.1) is 11.8 Å². The van der Waals surface area contributed by atoms with Gasteiger partial charge < -0.3 is 15.4 Å². The smallest absolute Gasteiger partial charge is 0.272 e. The molecule has 4 aromatic carbocycles. The summed E-state index contributed by atoms with van der Waals surface area (Å²) in [6, 6.07) is 29.1. The van der Waals surface area contributed by atoms with E-state index >= 15 is 0 Å². The van der Waals surface area contributed by atoms with Crippen molar-refractivity contribution in [2.24, 2.45) is 0 Å². The summed E-state index contributed by atoms with van der Waals surface area (Å²) in [5.41, 5.74) is 2.11. The Hall–Kier alpha value is -4.86. The van der Waals surface area contributed by atoms with Gasteiger partial charge in [0.15, 0.2) is 0 Å². The summed E-state index contributed by atoms with van der Waals surface area (Å²) >= 11 is 7.28. The normalized spacial score (nSPS) is 14.9. The third kappa shape index (κ3) is 7.32. The molecular weight excluding hydrogens is 586 g/mol. The van der Waals surface area contributed by atoms with Gasteiger partial charge in [-0.3, -0.25) is 19.2 Å². The van der Waals surface area contributed by atoms with Crippen molar-refractivity contribution < 1.29 is 23.9 Å². The number of imide groups is 1. The van der Waals surface area contributed by atoms with Crippen LogP contribution in [0.1, 0.15) is 22.3 Å². The van der Waals surface area contributed by atoms with E-state index in [1.165, 1.54) is 16.7 Å². The lowest BCUT2D eigenvalue weighted by molar-refractivity contribution is -0.121. The Morgan fingerprint density at radius 2 is 1.58 bits per heavy atom. The number of nitrogens with zero attached hydrogens (tertiary/aromatic N) is 1. The zero-order valence-electron chi connectivity index (χ0n) is 23.0. The molecule has 2 N–H and O–H groups in total. The molecule has 1 aliphatic rings. The molecule has 5 rings (SSSR count). The van der Waals surface area contributed by atoms with Crippen molar-refractivity contribution in [1.29, 1.82) is 0 Å². The van der Waals surface area contributed by atoms with Crippen molar-refractivity contribution in [1.82, 2.24) is 5.32 Å². The molecule has 1 heterocycles. The second-order valence-electron chi connectivity index (χ2n) is 9.48. The predicted molar refractivity (Wildman–Crippen MR) is 168 cm³/mol. The van der Waals surface area contributed by atoms with Crippen LogP contribution in [0, 0.1) is 0 Å². The number of hydrogen-bond acceptors (Lipinski definition) is 6. The molecule has 0 aromatic heterocycles. The summed E-state index contributed by atoms with van der Waals surface area (Å²) in [5.74, 6) is -0.876. The molecule has 1 atom stereocenters. The molecule has 4 amide bonds. The largest absolute Gasteiger partial charge is 0.497 e. The van der Waals surface area contributed by atoms with Crippen LogP contribution in [0.15, 0.2) is 114 Å². The van der Waals surface area contributed by atoms with Crippen LogP contribution in [0.25, 0.3) is 6.08 Å². The highest BCUT2D eigenvalue weighted by Gasteiger charge is 2.40. The van der Waals surface area contributed by atoms with Gasteiger partial charge in [-0.2, -0.15) is 0 Å². The maximum Gasteiger partial charge on any atom is 0.272 e. The van der Waals surface area contributed by atoms with Crippen LogP contribution in [-0.4, -0.2) is 36.0 Å². The van der Waals surface area contributed by atoms with Gasteiger partial charge in [0.25, 0.3) is 11.8 Å². The van der Waals surface area contributed by atoms with Gasteiger partial charge in [0.2, 0.25) is 11.8 Å². The summed E-state index contributed by atoms with van der Waals surface area (Å²) in [4.78, 5) is 53.8. The SMILES string of the molecule is COc1ccc(N2C(=O)CC(Sc3ccc(NC(=O)/C(=C/c4ccc(Cl)cc4)NC(=O)c4ccccc4)cc3)C2=O)cc1. The maximum atomic E-state index is 13.3. The molecule has 1 aliphatic heterocycles. The van der Waals surface area contributed by atoms with Crippen molar-refractivity contribution in [2.45, 2.75) is 16.6 Å². The average Bonchev–Trinajstić information content (AvgIpc) is 3.30. The van der Waals surface area contributed by atoms with Crippen molar-refractivity contribution >= 4 is 64.4 Å². The highest BCUT2D eigenvalue weighted by Crippen LogP contribution is 2.35. The average molecular weight is 612 g/mol. The topological polar surface area (TPSA) is 105 Å². The zero-order valence-corrected chi connectivity index (χ0v) is 24.5. The number of ether oxygens (including phenoxy) is 1. The first kappa shape index (κ1) is 29.6. The number of methoxy groups -OCH3 is 1. The van der Waals surface area contributed by atoms with Gasteiger partial charge in [-0.05, 0) is 84.4 Å². The summed E-state index contributed by atoms with van der Waals surface area (Å²) < 4.78 is 5.15. The van der Waals surface area contributed by atoms with E-state index in [2.05, 4.69) is 10.6 Å². The number of hydrogen-bond donors (Lipinski definition) is 2. The van der Waals surface area contributed by atoms with Gasteiger partial charge in [-0.25, -0.2) is 4.90 Å². The highest BCUT2D eigenvalue weighted by molar-refractivity contribution is 8.00. The number of amides is 4. The Morgan fingerprint density at radius 1 is 0.907 bits per heavy atom. The van der Waals surface area contributed by atoms with Crippen LogP contribution in [0.3, 0.4) is 0 Å². The third-order valence-electron chi connectivity index (χ3n) is 6.54. The Morgan fingerprint density at radius 3 is 2.23 bits per heavy atom. The third-order valence-corrected chi connectivity index (χ3v) is 7.99. The monoisotopic (exact) mass is 611 g/mol. The number of halogens is 1. The van der Waals surface area contributed by atoms with Crippen LogP contribution in [0.4, 0.5) is 11.4 Å². The van der Waals surface area contributed by atoms with E-state index in [-0.39, 0.29) is 23.9 Å². The van der Waals surface area contributed by atoms with Gasteiger partial charge in [0.1, 0.15) is 11.4 Å². The molecule has 0 spiro atoms. The number of carbonyl (C=O) groups is 4. The maximum absolute atomic E-state index is 13.3. The second kappa shape index (κ2) is 13.4. The lowest BCUT2D eigenvalue weighted by Crippen LogP contribution is -2.31. The Bertz CT molecular complexity index is 1670. The van der Waals surface area contributed by atoms with Gasteiger partial charge in [0, 0.05) is 27.6 Å². The molecule has 0 aliphatic carbocycles. The van der Waals surface area contributed by atoms with E-state index in [1.54, 1.807) is 116 Å². The van der Waals surface area contributed by atoms with Crippen LogP contribution in [-0.2, 0) is 14.4 Å². The molecule has 1 saturated heterocycles. The predicted octanol–water partition coefficient (Wildman–Crippen LogP) is 6.18. The van der Waals surface area contributed by atoms with E-state index in [0.29, 0.717) is 33.3 Å². The molecule has 216 valence electrons. The standard InChI is InChI=1S/C33H26ClN3O5S/c1-42-26-15-13-25(14-16-26)37-30(38)20-29(33(37)41)43-27-17-11-24(12-18-27)35-32(40)28(19-21-7-9-23(34)10-8-21)36-31(39)22-5-3-2-4-6-22/h2-19,29H,20H2,1H3,(H,35,40)(H,36,39)/b28-19-. The molecule has 1 unspecified atom stereocenters. The quantitative estimate of drug-likeness (QED) is 0.173. The molecule has 0 radical (unpaired) electrons. The zero-order chi connectivity index (χ0) is 30.3. The summed E-state index contributed by atoms with van der Waals surface area (Å²) in [5, 5.41) is 5.48. The fraction of sp³-hybridized carbons (Fsp3) is 0.0909. The summed E-state index contributed by atoms with van der Waals surface area (Å²) in [6.45, 7) is 0. The number of benzene rings is 4. The van der Waals surface area contributed by atoms with Crippen LogP contribution in [0.2, 0.25) is 5.02 Å². The van der Waals surface area contributed by atoms with Gasteiger partial charge in [-0.1, -0.05) is 41.9 Å². The van der Waals surface area contributed by atoms with E-state index in [9.17, 15) is 19.2 Å². The van der Waals surface area contributed by atoms with E-state index in [4.69, 9.17) is 16.3 Å². The molecule has 43 heavy (non-hydrogen) atoms. The number of rotatable bonds is 9. The molecule has 4 aromatic rings. The van der Waals surface area contributed by atoms with Crippen molar-refractivity contribution in [3.05, 3.63) is 125 Å². The molecule has 10 heteroatoms. The Balaban J connectivity index is 1.27. The number of carbonyl (C=O) groups excluding carboxylic acids is 4. The molecule has 0 bridgehead atoms. The highest BCUT2D eigenvalue weighted by atomic mass is 35.5. The summed E-state index contributed by atoms with van der Waals surface area (Å²) in [7, 11) is 1.55. The van der Waals surface area contributed by atoms with Gasteiger partial charge in [0.05, 0.1) is 18.0 Å². The van der Waals surface area contributed by atoms with Gasteiger partial charge >= 0.3 is 0 Å². The fourth-order valence-corrected chi connectivity index (χ4v) is 5.53. The van der Waals surface area contributed by atoms with Crippen molar-refractivity contribution in [2.75, 3.05) is 17.3 Å². The molecular formula is C33H26ClN3O5S. The number of nitrogens with one attached hydrogen (secondary N) is 2.